The van der Waals surface area contributed by atoms with Crippen LogP contribution in [0.25, 0.3) is 0 Å². The second-order valence-corrected chi connectivity index (χ2v) is 1.99. The Morgan fingerprint density at radius 3 is 1.36 bits per heavy atom. The monoisotopic (exact) mass is 202 g/mol. The predicted molar refractivity (Wildman–Crippen MR) is 33.7 cm³/mol. The quantitative estimate of drug-likeness (QED) is 0.508. The summed E-state index contributed by atoms with van der Waals surface area (Å²) in [6.07, 6.45) is 1.02. The first kappa shape index (κ1) is 13.1. The Kier molecular flexibility index (Phi) is 8.99. The van der Waals surface area contributed by atoms with Gasteiger partial charge in [-0.05, 0) is 12.8 Å². The molecule has 5 heteroatoms. The molecule has 0 aromatic rings. The van der Waals surface area contributed by atoms with Crippen LogP contribution in [0, 0.1) is 0 Å². The maximum atomic E-state index is 9.90. The van der Waals surface area contributed by atoms with Gasteiger partial charge in [-0.2, -0.15) is 0 Å². The van der Waals surface area contributed by atoms with Gasteiger partial charge in [-0.3, -0.25) is 9.59 Å². The van der Waals surface area contributed by atoms with Crippen LogP contribution in [0.1, 0.15) is 25.7 Å². The normalized spacial score (nSPS) is 8.36. The third-order valence-electron chi connectivity index (χ3n) is 1.03. The Morgan fingerprint density at radius 1 is 0.909 bits per heavy atom. The molecular formula is C6H10FeO4. The molecule has 0 aromatic heterocycles. The molecule has 66 valence electrons. The molecule has 0 aliphatic rings. The zero-order valence-corrected chi connectivity index (χ0v) is 7.00. The van der Waals surface area contributed by atoms with E-state index < -0.39 is 11.9 Å². The molecule has 0 spiro atoms. The number of carboxylic acids is 2. The van der Waals surface area contributed by atoms with Crippen LogP contribution in [-0.4, -0.2) is 22.2 Å². The molecule has 0 heterocycles. The SMILES string of the molecule is O=C(O)CCCCC(=O)O.[Fe]. The van der Waals surface area contributed by atoms with Crippen molar-refractivity contribution in [3.05, 3.63) is 0 Å². The fourth-order valence-electron chi connectivity index (χ4n) is 0.552. The van der Waals surface area contributed by atoms with Gasteiger partial charge in [0, 0.05) is 29.9 Å². The first-order chi connectivity index (χ1) is 4.63. The summed E-state index contributed by atoms with van der Waals surface area (Å²) in [6, 6.07) is 0. The maximum Gasteiger partial charge on any atom is 0.303 e. The van der Waals surface area contributed by atoms with E-state index in [1.165, 1.54) is 0 Å². The molecule has 0 saturated carbocycles. The minimum absolute atomic E-state index is 0. The smallest absolute Gasteiger partial charge is 0.303 e. The van der Waals surface area contributed by atoms with Gasteiger partial charge in [-0.1, -0.05) is 0 Å². The van der Waals surface area contributed by atoms with Crippen LogP contribution >= 0.6 is 0 Å². The van der Waals surface area contributed by atoms with Crippen LogP contribution in [0.4, 0.5) is 0 Å². The van der Waals surface area contributed by atoms with Crippen molar-refractivity contribution in [1.82, 2.24) is 0 Å². The Morgan fingerprint density at radius 2 is 1.18 bits per heavy atom. The summed E-state index contributed by atoms with van der Waals surface area (Å²) >= 11 is 0. The first-order valence-corrected chi connectivity index (χ1v) is 3.06. The van der Waals surface area contributed by atoms with Crippen molar-refractivity contribution in [3.63, 3.8) is 0 Å². The third-order valence-corrected chi connectivity index (χ3v) is 1.03. The summed E-state index contributed by atoms with van der Waals surface area (Å²) < 4.78 is 0. The van der Waals surface area contributed by atoms with Crippen molar-refractivity contribution in [2.24, 2.45) is 0 Å². The zero-order valence-electron chi connectivity index (χ0n) is 5.89. The number of rotatable bonds is 5. The van der Waals surface area contributed by atoms with Gasteiger partial charge < -0.3 is 10.2 Å². The van der Waals surface area contributed by atoms with Crippen LogP contribution in [0.5, 0.6) is 0 Å². The van der Waals surface area contributed by atoms with E-state index in [0.717, 1.165) is 0 Å². The number of unbranched alkanes of at least 4 members (excludes halogenated alkanes) is 1. The fraction of sp³-hybridized carbons (Fsp3) is 0.667. The molecular weight excluding hydrogens is 192 g/mol. The summed E-state index contributed by atoms with van der Waals surface area (Å²) in [4.78, 5) is 19.8. The predicted octanol–water partition coefficient (Wildman–Crippen LogP) is 0.714. The molecule has 0 unspecified atom stereocenters. The Balaban J connectivity index is 0. The van der Waals surface area contributed by atoms with Crippen molar-refractivity contribution in [2.75, 3.05) is 0 Å². The van der Waals surface area contributed by atoms with Gasteiger partial charge in [0.25, 0.3) is 0 Å². The largest absolute Gasteiger partial charge is 0.481 e. The molecule has 0 aliphatic carbocycles. The third kappa shape index (κ3) is 12.6. The van der Waals surface area contributed by atoms with Crippen molar-refractivity contribution in [1.29, 1.82) is 0 Å². The van der Waals surface area contributed by atoms with E-state index in [1.807, 2.05) is 0 Å². The van der Waals surface area contributed by atoms with Crippen LogP contribution in [-0.2, 0) is 26.7 Å². The van der Waals surface area contributed by atoms with E-state index in [1.54, 1.807) is 0 Å². The van der Waals surface area contributed by atoms with Crippen LogP contribution in [0.2, 0.25) is 0 Å². The summed E-state index contributed by atoms with van der Waals surface area (Å²) in [5.74, 6) is -1.74. The summed E-state index contributed by atoms with van der Waals surface area (Å²) in [5.41, 5.74) is 0. The number of hydrogen-bond donors (Lipinski definition) is 2. The van der Waals surface area contributed by atoms with Gasteiger partial charge in [-0.15, -0.1) is 0 Å². The fourth-order valence-corrected chi connectivity index (χ4v) is 0.552. The van der Waals surface area contributed by atoms with Crippen LogP contribution in [0.15, 0.2) is 0 Å². The second kappa shape index (κ2) is 7.57. The second-order valence-electron chi connectivity index (χ2n) is 1.99. The minimum atomic E-state index is -0.870. The van der Waals surface area contributed by atoms with Crippen LogP contribution in [0.3, 0.4) is 0 Å². The van der Waals surface area contributed by atoms with E-state index in [0.29, 0.717) is 12.8 Å². The summed E-state index contributed by atoms with van der Waals surface area (Å²) in [7, 11) is 0. The van der Waals surface area contributed by atoms with Crippen molar-refractivity contribution < 1.29 is 36.9 Å². The molecule has 0 atom stereocenters. The van der Waals surface area contributed by atoms with Crippen LogP contribution < -0.4 is 0 Å². The number of aliphatic carboxylic acids is 2. The van der Waals surface area contributed by atoms with Gasteiger partial charge in [0.15, 0.2) is 0 Å². The van der Waals surface area contributed by atoms with Gasteiger partial charge in [0.05, 0.1) is 0 Å². The van der Waals surface area contributed by atoms with Gasteiger partial charge in [0.1, 0.15) is 0 Å². The van der Waals surface area contributed by atoms with Gasteiger partial charge in [-0.25, -0.2) is 0 Å². The average molecular weight is 202 g/mol. The molecule has 0 aromatic carbocycles. The molecule has 11 heavy (non-hydrogen) atoms. The molecule has 0 amide bonds. The van der Waals surface area contributed by atoms with E-state index in [9.17, 15) is 9.59 Å². The minimum Gasteiger partial charge on any atom is -0.481 e. The van der Waals surface area contributed by atoms with Crippen molar-refractivity contribution in [3.8, 4) is 0 Å². The Bertz CT molecular complexity index is 119. The zero-order chi connectivity index (χ0) is 7.98. The summed E-state index contributed by atoms with van der Waals surface area (Å²) in [6.45, 7) is 0. The number of hydrogen-bond acceptors (Lipinski definition) is 2. The summed E-state index contributed by atoms with van der Waals surface area (Å²) in [5, 5.41) is 16.3. The number of carboxylic acid groups (broad SMARTS) is 2. The average Bonchev–Trinajstić information content (AvgIpc) is 1.79. The van der Waals surface area contributed by atoms with E-state index >= 15 is 0 Å². The molecule has 2 N–H and O–H groups in total. The molecule has 0 rings (SSSR count). The molecule has 0 aliphatic heterocycles. The Hall–Kier alpha value is -0.541. The molecule has 0 bridgehead atoms. The maximum absolute atomic E-state index is 9.90. The topological polar surface area (TPSA) is 74.6 Å². The number of carbonyl (C=O) groups is 2. The van der Waals surface area contributed by atoms with E-state index in [2.05, 4.69) is 0 Å². The van der Waals surface area contributed by atoms with Gasteiger partial charge in [0.2, 0.25) is 0 Å². The standard InChI is InChI=1S/C6H10O4.Fe/c7-5(8)3-1-2-4-6(9)10;/h1-4H2,(H,7,8)(H,9,10);. The van der Waals surface area contributed by atoms with E-state index in [-0.39, 0.29) is 29.9 Å². The Labute approximate surface area is 75.1 Å². The van der Waals surface area contributed by atoms with Crippen molar-refractivity contribution >= 4 is 11.9 Å². The van der Waals surface area contributed by atoms with E-state index in [4.69, 9.17) is 10.2 Å². The van der Waals surface area contributed by atoms with Crippen molar-refractivity contribution in [2.45, 2.75) is 25.7 Å². The molecule has 0 fully saturated rings. The molecule has 0 saturated heterocycles. The first-order valence-electron chi connectivity index (χ1n) is 3.06. The molecule has 4 nitrogen and oxygen atoms in total. The molecule has 0 radical (unpaired) electrons. The van der Waals surface area contributed by atoms with Gasteiger partial charge >= 0.3 is 11.9 Å².